The van der Waals surface area contributed by atoms with Gasteiger partial charge in [0.1, 0.15) is 12.6 Å². The van der Waals surface area contributed by atoms with Crippen LogP contribution in [0.15, 0.2) is 42.5 Å². The van der Waals surface area contributed by atoms with Crippen LogP contribution >= 0.6 is 0 Å². The maximum absolute atomic E-state index is 13.8. The number of nitrogens with zero attached hydrogens (tertiary/aromatic N) is 2. The minimum atomic E-state index is -3.86. The Bertz CT molecular complexity index is 1180. The number of hydrogen-bond acceptors (Lipinski definition) is 6. The Hall–Kier alpha value is -3.27. The predicted molar refractivity (Wildman–Crippen MR) is 145 cm³/mol. The van der Waals surface area contributed by atoms with Gasteiger partial charge in [-0.25, -0.2) is 8.42 Å². The van der Waals surface area contributed by atoms with Gasteiger partial charge in [0.2, 0.25) is 21.8 Å². The van der Waals surface area contributed by atoms with Gasteiger partial charge < -0.3 is 19.7 Å². The predicted octanol–water partition coefficient (Wildman–Crippen LogP) is 3.50. The molecule has 0 heterocycles. The van der Waals surface area contributed by atoms with Crippen LogP contribution in [0.3, 0.4) is 0 Å². The zero-order valence-corrected chi connectivity index (χ0v) is 23.6. The second-order valence-corrected chi connectivity index (χ2v) is 10.9. The lowest BCUT2D eigenvalue weighted by Crippen LogP contribution is -2.53. The van der Waals surface area contributed by atoms with Gasteiger partial charge in [-0.1, -0.05) is 38.1 Å². The van der Waals surface area contributed by atoms with E-state index in [2.05, 4.69) is 5.32 Å². The summed E-state index contributed by atoms with van der Waals surface area (Å²) >= 11 is 0. The molecular formula is C27H39N3O6S. The zero-order chi connectivity index (χ0) is 27.8. The zero-order valence-electron chi connectivity index (χ0n) is 22.8. The van der Waals surface area contributed by atoms with Crippen molar-refractivity contribution < 1.29 is 27.5 Å². The first-order chi connectivity index (χ1) is 17.5. The molecular weight excluding hydrogens is 494 g/mol. The monoisotopic (exact) mass is 533 g/mol. The molecule has 37 heavy (non-hydrogen) atoms. The molecule has 2 rings (SSSR count). The van der Waals surface area contributed by atoms with E-state index in [0.29, 0.717) is 17.9 Å². The number of carbonyl (C=O) groups is 2. The number of hydrogen-bond donors (Lipinski definition) is 1. The van der Waals surface area contributed by atoms with Gasteiger partial charge >= 0.3 is 0 Å². The first kappa shape index (κ1) is 30.0. The number of sulfonamides is 1. The molecule has 9 nitrogen and oxygen atoms in total. The normalized spacial score (nSPS) is 12.8. The van der Waals surface area contributed by atoms with E-state index in [4.69, 9.17) is 9.47 Å². The van der Waals surface area contributed by atoms with Crippen LogP contribution in [0.25, 0.3) is 0 Å². The average Bonchev–Trinajstić information content (AvgIpc) is 2.86. The number of aryl methyl sites for hydroxylation is 1. The highest BCUT2D eigenvalue weighted by molar-refractivity contribution is 7.92. The maximum atomic E-state index is 13.8. The molecule has 0 saturated carbocycles. The summed E-state index contributed by atoms with van der Waals surface area (Å²) in [4.78, 5) is 28.5. The van der Waals surface area contributed by atoms with Crippen LogP contribution in [0.4, 0.5) is 5.69 Å². The topological polar surface area (TPSA) is 105 Å². The van der Waals surface area contributed by atoms with E-state index in [9.17, 15) is 18.0 Å². The first-order valence-corrected chi connectivity index (χ1v) is 14.2. The largest absolute Gasteiger partial charge is 0.493 e. The van der Waals surface area contributed by atoms with Crippen LogP contribution in [0.5, 0.6) is 11.5 Å². The van der Waals surface area contributed by atoms with E-state index in [0.717, 1.165) is 28.1 Å². The molecule has 2 amide bonds. The maximum Gasteiger partial charge on any atom is 0.244 e. The van der Waals surface area contributed by atoms with Gasteiger partial charge in [0.15, 0.2) is 11.5 Å². The van der Waals surface area contributed by atoms with Gasteiger partial charge in [-0.15, -0.1) is 0 Å². The number of rotatable bonds is 13. The molecule has 0 aliphatic heterocycles. The van der Waals surface area contributed by atoms with Crippen molar-refractivity contribution in [1.82, 2.24) is 10.2 Å². The Morgan fingerprint density at radius 2 is 1.65 bits per heavy atom. The van der Waals surface area contributed by atoms with Gasteiger partial charge in [0.25, 0.3) is 0 Å². The molecule has 1 N–H and O–H groups in total. The quantitative estimate of drug-likeness (QED) is 0.423. The molecule has 0 saturated heterocycles. The van der Waals surface area contributed by atoms with Crippen molar-refractivity contribution in [2.45, 2.75) is 59.2 Å². The Labute approximate surface area is 220 Å². The lowest BCUT2D eigenvalue weighted by molar-refractivity contribution is -0.140. The molecule has 0 unspecified atom stereocenters. The summed E-state index contributed by atoms with van der Waals surface area (Å²) in [6.07, 6.45) is 2.15. The molecule has 2 atom stereocenters. The molecule has 0 spiro atoms. The summed E-state index contributed by atoms with van der Waals surface area (Å²) in [6.45, 7) is 7.33. The summed E-state index contributed by atoms with van der Waals surface area (Å²) in [7, 11) is -0.931. The van der Waals surface area contributed by atoms with Crippen molar-refractivity contribution in [3.63, 3.8) is 0 Å². The number of carbonyl (C=O) groups excluding carboxylic acids is 2. The highest BCUT2D eigenvalue weighted by atomic mass is 32.2. The van der Waals surface area contributed by atoms with E-state index in [-0.39, 0.29) is 24.2 Å². The van der Waals surface area contributed by atoms with E-state index in [1.807, 2.05) is 52.0 Å². The average molecular weight is 534 g/mol. The third-order valence-electron chi connectivity index (χ3n) is 6.32. The molecule has 0 aliphatic carbocycles. The second-order valence-electron chi connectivity index (χ2n) is 9.00. The fraction of sp³-hybridized carbons (Fsp3) is 0.481. The summed E-state index contributed by atoms with van der Waals surface area (Å²) in [5, 5.41) is 2.96. The van der Waals surface area contributed by atoms with Crippen LogP contribution < -0.4 is 19.1 Å². The lowest BCUT2D eigenvalue weighted by atomic mass is 10.1. The molecule has 0 fully saturated rings. The molecule has 204 valence electrons. The smallest absolute Gasteiger partial charge is 0.244 e. The van der Waals surface area contributed by atoms with E-state index < -0.39 is 28.5 Å². The van der Waals surface area contributed by atoms with Crippen molar-refractivity contribution in [3.8, 4) is 11.5 Å². The summed E-state index contributed by atoms with van der Waals surface area (Å²) in [5.74, 6) is 0.00243. The number of benzene rings is 2. The third-order valence-corrected chi connectivity index (χ3v) is 7.46. The van der Waals surface area contributed by atoms with Crippen molar-refractivity contribution in [3.05, 3.63) is 53.6 Å². The molecule has 10 heteroatoms. The van der Waals surface area contributed by atoms with Crippen LogP contribution in [-0.2, 0) is 26.2 Å². The highest BCUT2D eigenvalue weighted by Gasteiger charge is 2.32. The van der Waals surface area contributed by atoms with Gasteiger partial charge in [0, 0.05) is 18.7 Å². The van der Waals surface area contributed by atoms with Crippen LogP contribution in [0.2, 0.25) is 0 Å². The van der Waals surface area contributed by atoms with Crippen molar-refractivity contribution in [2.24, 2.45) is 0 Å². The fourth-order valence-electron chi connectivity index (χ4n) is 3.93. The van der Waals surface area contributed by atoms with Crippen LogP contribution in [0, 0.1) is 6.92 Å². The van der Waals surface area contributed by atoms with Crippen LogP contribution in [-0.4, -0.2) is 64.2 Å². The standard InChI is InChI=1S/C27H39N3O6S/c1-8-20(4)28-27(32)23(9-2)29(17-21-13-11-10-12-19(21)3)26(31)18-30(37(7,33)34)22-14-15-24(35-5)25(16-22)36-6/h10-16,20,23H,8-9,17-18H2,1-7H3,(H,28,32)/t20-,23-/m0/s1. The van der Waals surface area contributed by atoms with E-state index in [1.54, 1.807) is 12.1 Å². The SMILES string of the molecule is CC[C@H](C)NC(=O)[C@H](CC)N(Cc1ccccc1C)C(=O)CN(c1ccc(OC)c(OC)c1)S(C)(=O)=O. The minimum Gasteiger partial charge on any atom is -0.493 e. The number of amides is 2. The second kappa shape index (κ2) is 13.3. The van der Waals surface area contributed by atoms with Gasteiger partial charge in [-0.05, 0) is 49.9 Å². The third kappa shape index (κ3) is 7.85. The van der Waals surface area contributed by atoms with Gasteiger partial charge in [-0.2, -0.15) is 0 Å². The van der Waals surface area contributed by atoms with Crippen molar-refractivity contribution in [1.29, 1.82) is 0 Å². The summed E-state index contributed by atoms with van der Waals surface area (Å²) < 4.78 is 37.2. The summed E-state index contributed by atoms with van der Waals surface area (Å²) in [6, 6.07) is 11.4. The Morgan fingerprint density at radius 1 is 1.00 bits per heavy atom. The molecule has 0 aliphatic rings. The number of anilines is 1. The molecule has 0 aromatic heterocycles. The Morgan fingerprint density at radius 3 is 2.19 bits per heavy atom. The number of ether oxygens (including phenoxy) is 2. The molecule has 2 aromatic carbocycles. The fourth-order valence-corrected chi connectivity index (χ4v) is 4.77. The number of methoxy groups -OCH3 is 2. The Balaban J connectivity index is 2.50. The first-order valence-electron chi connectivity index (χ1n) is 12.3. The van der Waals surface area contributed by atoms with Crippen molar-refractivity contribution >= 4 is 27.5 Å². The van der Waals surface area contributed by atoms with Gasteiger partial charge in [-0.3, -0.25) is 13.9 Å². The minimum absolute atomic E-state index is 0.0590. The lowest BCUT2D eigenvalue weighted by Gasteiger charge is -2.33. The van der Waals surface area contributed by atoms with Crippen molar-refractivity contribution in [2.75, 3.05) is 31.3 Å². The number of nitrogens with one attached hydrogen (secondary N) is 1. The van der Waals surface area contributed by atoms with E-state index >= 15 is 0 Å². The molecule has 2 aromatic rings. The Kier molecular flexibility index (Phi) is 10.8. The molecule has 0 radical (unpaired) electrons. The highest BCUT2D eigenvalue weighted by Crippen LogP contribution is 2.32. The molecule has 0 bridgehead atoms. The van der Waals surface area contributed by atoms with E-state index in [1.165, 1.54) is 25.2 Å². The van der Waals surface area contributed by atoms with Crippen LogP contribution in [0.1, 0.15) is 44.7 Å². The summed E-state index contributed by atoms with van der Waals surface area (Å²) in [5.41, 5.74) is 2.10. The van der Waals surface area contributed by atoms with Gasteiger partial charge in [0.05, 0.1) is 26.2 Å².